The largest absolute Gasteiger partial charge is 0.444 e. The van der Waals surface area contributed by atoms with Gasteiger partial charge in [-0.15, -0.1) is 0 Å². The van der Waals surface area contributed by atoms with Crippen molar-refractivity contribution in [3.63, 3.8) is 0 Å². The third-order valence-corrected chi connectivity index (χ3v) is 3.74. The van der Waals surface area contributed by atoms with Crippen LogP contribution in [0.15, 0.2) is 12.3 Å². The van der Waals surface area contributed by atoms with Crippen LogP contribution in [0.25, 0.3) is 0 Å². The minimum atomic E-state index is -0.548. The number of rotatable bonds is 3. The molecule has 24 heavy (non-hydrogen) atoms. The number of nitro groups is 1. The summed E-state index contributed by atoms with van der Waals surface area (Å²) in [6, 6.07) is 1.21. The van der Waals surface area contributed by atoms with Crippen LogP contribution >= 0.6 is 11.6 Å². The van der Waals surface area contributed by atoms with Gasteiger partial charge in [0.1, 0.15) is 17.6 Å². The zero-order chi connectivity index (χ0) is 17.9. The summed E-state index contributed by atoms with van der Waals surface area (Å²) in [6.07, 6.45) is 2.47. The quantitative estimate of drug-likeness (QED) is 0.658. The second kappa shape index (κ2) is 7.21. The van der Waals surface area contributed by atoms with E-state index in [1.54, 1.807) is 4.90 Å². The monoisotopic (exact) mass is 356 g/mol. The lowest BCUT2D eigenvalue weighted by Crippen LogP contribution is -2.47. The molecule has 132 valence electrons. The van der Waals surface area contributed by atoms with Crippen molar-refractivity contribution in [3.05, 3.63) is 27.4 Å². The van der Waals surface area contributed by atoms with Crippen molar-refractivity contribution < 1.29 is 14.5 Å². The van der Waals surface area contributed by atoms with E-state index in [1.165, 1.54) is 6.07 Å². The molecule has 1 fully saturated rings. The Hall–Kier alpha value is -2.09. The lowest BCUT2D eigenvalue weighted by molar-refractivity contribution is -0.385. The Morgan fingerprint density at radius 2 is 2.25 bits per heavy atom. The molecular formula is C15H21ClN4O4. The number of amides is 1. The van der Waals surface area contributed by atoms with Crippen LogP contribution in [0, 0.1) is 10.1 Å². The van der Waals surface area contributed by atoms with Gasteiger partial charge in [0.2, 0.25) is 0 Å². The maximum absolute atomic E-state index is 12.2. The molecule has 1 aliphatic rings. The van der Waals surface area contributed by atoms with Crippen LogP contribution in [-0.2, 0) is 4.74 Å². The highest BCUT2D eigenvalue weighted by Crippen LogP contribution is 2.26. The van der Waals surface area contributed by atoms with E-state index in [2.05, 4.69) is 10.3 Å². The van der Waals surface area contributed by atoms with Gasteiger partial charge >= 0.3 is 6.09 Å². The fourth-order valence-corrected chi connectivity index (χ4v) is 2.63. The highest BCUT2D eigenvalue weighted by atomic mass is 35.5. The fraction of sp³-hybridized carbons (Fsp3) is 0.600. The van der Waals surface area contributed by atoms with Crippen LogP contribution in [0.3, 0.4) is 0 Å². The lowest BCUT2D eigenvalue weighted by atomic mass is 10.1. The van der Waals surface area contributed by atoms with E-state index in [1.807, 2.05) is 20.8 Å². The first-order valence-electron chi connectivity index (χ1n) is 7.70. The summed E-state index contributed by atoms with van der Waals surface area (Å²) in [5, 5.41) is 14.0. The van der Waals surface area contributed by atoms with Gasteiger partial charge in [0.15, 0.2) is 0 Å². The smallest absolute Gasteiger partial charge is 0.410 e. The molecule has 0 radical (unpaired) electrons. The van der Waals surface area contributed by atoms with Crippen LogP contribution in [0.5, 0.6) is 0 Å². The number of hydrogen-bond donors (Lipinski definition) is 1. The summed E-state index contributed by atoms with van der Waals surface area (Å²) < 4.78 is 5.38. The summed E-state index contributed by atoms with van der Waals surface area (Å²) in [4.78, 5) is 28.0. The number of pyridine rings is 1. The van der Waals surface area contributed by atoms with Crippen LogP contribution in [0.4, 0.5) is 16.3 Å². The number of nitrogens with one attached hydrogen (secondary N) is 1. The zero-order valence-electron chi connectivity index (χ0n) is 13.9. The highest BCUT2D eigenvalue weighted by Gasteiger charge is 2.28. The molecule has 8 nitrogen and oxygen atoms in total. The molecule has 0 bridgehead atoms. The van der Waals surface area contributed by atoms with Crippen molar-refractivity contribution in [1.82, 2.24) is 9.88 Å². The molecule has 1 aromatic rings. The number of anilines is 1. The number of hydrogen-bond acceptors (Lipinski definition) is 6. The third kappa shape index (κ3) is 4.95. The Balaban J connectivity index is 2.00. The first-order chi connectivity index (χ1) is 11.2. The number of ether oxygens (including phenoxy) is 1. The molecule has 2 heterocycles. The Morgan fingerprint density at radius 1 is 1.54 bits per heavy atom. The molecule has 1 aromatic heterocycles. The molecule has 1 atom stereocenters. The molecule has 1 N–H and O–H groups in total. The van der Waals surface area contributed by atoms with Gasteiger partial charge in [-0.3, -0.25) is 10.1 Å². The molecular weight excluding hydrogens is 336 g/mol. The van der Waals surface area contributed by atoms with Crippen LogP contribution in [0.1, 0.15) is 33.6 Å². The first kappa shape index (κ1) is 18.3. The average molecular weight is 357 g/mol. The van der Waals surface area contributed by atoms with Crippen molar-refractivity contribution in [2.75, 3.05) is 18.4 Å². The number of carbonyl (C=O) groups is 1. The van der Waals surface area contributed by atoms with Gasteiger partial charge in [0, 0.05) is 25.2 Å². The molecule has 0 saturated carbocycles. The van der Waals surface area contributed by atoms with Crippen LogP contribution in [0.2, 0.25) is 5.02 Å². The van der Waals surface area contributed by atoms with Gasteiger partial charge in [-0.2, -0.15) is 0 Å². The van der Waals surface area contributed by atoms with Gasteiger partial charge < -0.3 is 15.0 Å². The predicted molar refractivity (Wildman–Crippen MR) is 90.4 cm³/mol. The number of likely N-dealkylation sites (tertiary alicyclic amines) is 1. The van der Waals surface area contributed by atoms with E-state index in [9.17, 15) is 14.9 Å². The Kier molecular flexibility index (Phi) is 5.48. The van der Waals surface area contributed by atoms with Gasteiger partial charge in [-0.25, -0.2) is 9.78 Å². The van der Waals surface area contributed by atoms with Gasteiger partial charge in [-0.1, -0.05) is 11.6 Å². The standard InChI is InChI=1S/C15H21ClN4O4/c1-15(2,3)24-14(21)19-6-4-5-10(9-19)18-13-12(16)7-11(8-17-13)20(22)23/h7-8,10H,4-6,9H2,1-3H3,(H,17,18). The Bertz CT molecular complexity index is 632. The maximum Gasteiger partial charge on any atom is 0.410 e. The predicted octanol–water partition coefficient (Wildman–Crippen LogP) is 3.45. The Labute approximate surface area is 145 Å². The number of aromatic nitrogens is 1. The minimum absolute atomic E-state index is 0.0438. The summed E-state index contributed by atoms with van der Waals surface area (Å²) in [6.45, 7) is 6.57. The lowest BCUT2D eigenvalue weighted by Gasteiger charge is -2.34. The summed E-state index contributed by atoms with van der Waals surface area (Å²) in [7, 11) is 0. The summed E-state index contributed by atoms with van der Waals surface area (Å²) in [5.74, 6) is 0.373. The van der Waals surface area contributed by atoms with E-state index in [4.69, 9.17) is 16.3 Å². The van der Waals surface area contributed by atoms with E-state index in [-0.39, 0.29) is 22.8 Å². The van der Waals surface area contributed by atoms with Crippen molar-refractivity contribution in [2.24, 2.45) is 0 Å². The molecule has 1 aliphatic heterocycles. The first-order valence-corrected chi connectivity index (χ1v) is 8.08. The zero-order valence-corrected chi connectivity index (χ0v) is 14.7. The van der Waals surface area contributed by atoms with Gasteiger partial charge in [0.25, 0.3) is 5.69 Å². The molecule has 0 spiro atoms. The maximum atomic E-state index is 12.2. The number of piperidine rings is 1. The third-order valence-electron chi connectivity index (χ3n) is 3.45. The topological polar surface area (TPSA) is 97.6 Å². The Morgan fingerprint density at radius 3 is 2.83 bits per heavy atom. The number of carbonyl (C=O) groups excluding carboxylic acids is 1. The van der Waals surface area contributed by atoms with Crippen molar-refractivity contribution in [2.45, 2.75) is 45.3 Å². The number of halogens is 1. The number of nitrogens with zero attached hydrogens (tertiary/aromatic N) is 3. The van der Waals surface area contributed by atoms with Gasteiger partial charge in [-0.05, 0) is 33.6 Å². The normalized spacial score (nSPS) is 18.2. The van der Waals surface area contributed by atoms with E-state index in [0.29, 0.717) is 18.9 Å². The minimum Gasteiger partial charge on any atom is -0.444 e. The average Bonchev–Trinajstić information content (AvgIpc) is 2.47. The van der Waals surface area contributed by atoms with Crippen molar-refractivity contribution >= 4 is 29.2 Å². The molecule has 1 amide bonds. The SMILES string of the molecule is CC(C)(C)OC(=O)N1CCCC(Nc2ncc([N+](=O)[O-])cc2Cl)C1. The van der Waals surface area contributed by atoms with Crippen LogP contribution < -0.4 is 5.32 Å². The second-order valence-electron chi connectivity index (χ2n) is 6.69. The van der Waals surface area contributed by atoms with E-state index >= 15 is 0 Å². The van der Waals surface area contributed by atoms with Crippen molar-refractivity contribution in [1.29, 1.82) is 0 Å². The van der Waals surface area contributed by atoms with Gasteiger partial charge in [0.05, 0.1) is 9.95 Å². The molecule has 0 aliphatic carbocycles. The summed E-state index contributed by atoms with van der Waals surface area (Å²) >= 11 is 6.04. The van der Waals surface area contributed by atoms with Crippen LogP contribution in [-0.4, -0.2) is 45.6 Å². The second-order valence-corrected chi connectivity index (χ2v) is 7.10. The molecule has 0 aromatic carbocycles. The van der Waals surface area contributed by atoms with E-state index in [0.717, 1.165) is 19.0 Å². The fourth-order valence-electron chi connectivity index (χ4n) is 2.41. The summed E-state index contributed by atoms with van der Waals surface area (Å²) in [5.41, 5.74) is -0.703. The molecule has 1 unspecified atom stereocenters. The molecule has 2 rings (SSSR count). The highest BCUT2D eigenvalue weighted by molar-refractivity contribution is 6.33. The van der Waals surface area contributed by atoms with Crippen molar-refractivity contribution in [3.8, 4) is 0 Å². The van der Waals surface area contributed by atoms with E-state index < -0.39 is 10.5 Å². The molecule has 1 saturated heterocycles. The molecule has 9 heteroatoms.